The molecule has 0 saturated carbocycles. The van der Waals surface area contributed by atoms with Gasteiger partial charge in [0.25, 0.3) is 5.91 Å². The van der Waals surface area contributed by atoms with E-state index < -0.39 is 12.0 Å². The van der Waals surface area contributed by atoms with E-state index in [2.05, 4.69) is 0 Å². The summed E-state index contributed by atoms with van der Waals surface area (Å²) in [7, 11) is 0. The van der Waals surface area contributed by atoms with E-state index in [1.807, 2.05) is 4.90 Å². The average Bonchev–Trinajstić information content (AvgIpc) is 2.83. The first-order valence-electron chi connectivity index (χ1n) is 7.56. The lowest BCUT2D eigenvalue weighted by Gasteiger charge is -2.33. The first-order valence-corrected chi connectivity index (χ1v) is 7.94. The molecule has 6 nitrogen and oxygen atoms in total. The minimum atomic E-state index is -0.790. The molecule has 2 aliphatic rings. The molecule has 0 aliphatic carbocycles. The molecule has 2 fully saturated rings. The van der Waals surface area contributed by atoms with Gasteiger partial charge < -0.3 is 5.11 Å². The quantitative estimate of drug-likeness (QED) is 0.851. The van der Waals surface area contributed by atoms with Crippen molar-refractivity contribution in [3.05, 3.63) is 29.3 Å². The smallest absolute Gasteiger partial charge is 0.306 e. The Morgan fingerprint density at radius 1 is 1.13 bits per heavy atom. The molecule has 0 unspecified atom stereocenters. The Bertz CT molecular complexity index is 638. The van der Waals surface area contributed by atoms with Crippen molar-refractivity contribution in [3.63, 3.8) is 0 Å². The van der Waals surface area contributed by atoms with Gasteiger partial charge in [0.15, 0.2) is 0 Å². The van der Waals surface area contributed by atoms with E-state index in [-0.39, 0.29) is 24.2 Å². The Morgan fingerprint density at radius 2 is 1.74 bits per heavy atom. The molecular weight excluding hydrogens is 320 g/mol. The second kappa shape index (κ2) is 6.29. The van der Waals surface area contributed by atoms with Gasteiger partial charge in [-0.2, -0.15) is 0 Å². The Morgan fingerprint density at radius 3 is 2.30 bits per heavy atom. The van der Waals surface area contributed by atoms with Gasteiger partial charge in [0.05, 0.1) is 24.1 Å². The molecule has 2 saturated heterocycles. The molecule has 0 radical (unpaired) electrons. The molecule has 2 aliphatic heterocycles. The standard InChI is InChI=1S/C16H17ClN2O4/c17-11-1-3-12(4-2-11)19-14(20)9-13(15(19)21)18-7-5-10(6-8-18)16(22)23/h1-4,10,13H,5-9H2,(H,22,23)/t13-/m0/s1. The number of carbonyl (C=O) groups is 3. The minimum absolute atomic E-state index is 0.138. The third-order valence-electron chi connectivity index (χ3n) is 4.53. The fourth-order valence-corrected chi connectivity index (χ4v) is 3.35. The third kappa shape index (κ3) is 3.09. The molecule has 7 heteroatoms. The van der Waals surface area contributed by atoms with Crippen molar-refractivity contribution in [2.75, 3.05) is 18.0 Å². The van der Waals surface area contributed by atoms with Crippen LogP contribution in [0, 0.1) is 5.92 Å². The Hall–Kier alpha value is -1.92. The molecule has 0 bridgehead atoms. The van der Waals surface area contributed by atoms with E-state index in [0.717, 1.165) is 0 Å². The molecule has 1 N–H and O–H groups in total. The normalized spacial score (nSPS) is 23.5. The lowest BCUT2D eigenvalue weighted by atomic mass is 9.96. The second-order valence-corrected chi connectivity index (χ2v) is 6.35. The molecule has 2 amide bonds. The number of benzene rings is 1. The molecule has 0 spiro atoms. The maximum absolute atomic E-state index is 12.6. The van der Waals surface area contributed by atoms with Crippen LogP contribution < -0.4 is 4.90 Å². The summed E-state index contributed by atoms with van der Waals surface area (Å²) in [4.78, 5) is 39.0. The topological polar surface area (TPSA) is 77.9 Å². The number of amides is 2. The number of likely N-dealkylation sites (tertiary alicyclic amines) is 1. The molecule has 3 rings (SSSR count). The van der Waals surface area contributed by atoms with Gasteiger partial charge in [-0.15, -0.1) is 0 Å². The summed E-state index contributed by atoms with van der Waals surface area (Å²) in [5.74, 6) is -1.62. The van der Waals surface area contributed by atoms with Gasteiger partial charge in [0.2, 0.25) is 5.91 Å². The highest BCUT2D eigenvalue weighted by Crippen LogP contribution is 2.29. The Balaban J connectivity index is 1.72. The summed E-state index contributed by atoms with van der Waals surface area (Å²) in [5, 5.41) is 9.58. The molecule has 122 valence electrons. The van der Waals surface area contributed by atoms with Gasteiger partial charge in [-0.1, -0.05) is 11.6 Å². The van der Waals surface area contributed by atoms with Crippen molar-refractivity contribution in [1.82, 2.24) is 4.90 Å². The van der Waals surface area contributed by atoms with Crippen LogP contribution in [-0.4, -0.2) is 46.9 Å². The van der Waals surface area contributed by atoms with Crippen LogP contribution in [0.5, 0.6) is 0 Å². The second-order valence-electron chi connectivity index (χ2n) is 5.91. The number of piperidine rings is 1. The van der Waals surface area contributed by atoms with Gasteiger partial charge in [0, 0.05) is 5.02 Å². The van der Waals surface area contributed by atoms with E-state index in [4.69, 9.17) is 16.7 Å². The molecule has 0 aromatic heterocycles. The van der Waals surface area contributed by atoms with Crippen molar-refractivity contribution in [3.8, 4) is 0 Å². The zero-order chi connectivity index (χ0) is 16.6. The summed E-state index contributed by atoms with van der Waals surface area (Å²) >= 11 is 5.84. The lowest BCUT2D eigenvalue weighted by Crippen LogP contribution is -2.46. The number of hydrogen-bond donors (Lipinski definition) is 1. The van der Waals surface area contributed by atoms with Crippen LogP contribution in [0.4, 0.5) is 5.69 Å². The Kier molecular flexibility index (Phi) is 4.37. The predicted molar refractivity (Wildman–Crippen MR) is 84.3 cm³/mol. The van der Waals surface area contributed by atoms with Crippen LogP contribution in [0.2, 0.25) is 5.02 Å². The maximum Gasteiger partial charge on any atom is 0.306 e. The van der Waals surface area contributed by atoms with Gasteiger partial charge in [-0.3, -0.25) is 19.3 Å². The monoisotopic (exact) mass is 336 g/mol. The molecule has 2 heterocycles. The van der Waals surface area contributed by atoms with Crippen LogP contribution in [0.25, 0.3) is 0 Å². The summed E-state index contributed by atoms with van der Waals surface area (Å²) in [6.45, 7) is 1.05. The highest BCUT2D eigenvalue weighted by molar-refractivity contribution is 6.30. The van der Waals surface area contributed by atoms with Crippen LogP contribution in [-0.2, 0) is 14.4 Å². The fourth-order valence-electron chi connectivity index (χ4n) is 3.22. The number of imide groups is 1. The predicted octanol–water partition coefficient (Wildman–Crippen LogP) is 1.77. The summed E-state index contributed by atoms with van der Waals surface area (Å²) in [6, 6.07) is 6.09. The Labute approximate surface area is 138 Å². The van der Waals surface area contributed by atoms with Crippen molar-refractivity contribution in [1.29, 1.82) is 0 Å². The maximum atomic E-state index is 12.6. The fraction of sp³-hybridized carbons (Fsp3) is 0.438. The number of nitrogens with zero attached hydrogens (tertiary/aromatic N) is 2. The van der Waals surface area contributed by atoms with E-state index in [1.165, 1.54) is 4.90 Å². The SMILES string of the molecule is O=C(O)C1CCN([C@H]2CC(=O)N(c3ccc(Cl)cc3)C2=O)CC1. The number of halogens is 1. The molecule has 23 heavy (non-hydrogen) atoms. The lowest BCUT2D eigenvalue weighted by molar-refractivity contribution is -0.143. The first-order chi connectivity index (χ1) is 11.0. The average molecular weight is 337 g/mol. The number of carboxylic acids is 1. The van der Waals surface area contributed by atoms with Crippen LogP contribution in [0.3, 0.4) is 0 Å². The third-order valence-corrected chi connectivity index (χ3v) is 4.78. The number of carboxylic acid groups (broad SMARTS) is 1. The van der Waals surface area contributed by atoms with E-state index in [0.29, 0.717) is 36.6 Å². The number of carbonyl (C=O) groups excluding carboxylic acids is 2. The zero-order valence-electron chi connectivity index (χ0n) is 12.4. The molecule has 1 aromatic rings. The number of rotatable bonds is 3. The van der Waals surface area contributed by atoms with Crippen LogP contribution in [0.1, 0.15) is 19.3 Å². The summed E-state index contributed by atoms with van der Waals surface area (Å²) < 4.78 is 0. The van der Waals surface area contributed by atoms with E-state index in [1.54, 1.807) is 24.3 Å². The van der Waals surface area contributed by atoms with Crippen molar-refractivity contribution >= 4 is 35.1 Å². The molecular formula is C16H17ClN2O4. The number of hydrogen-bond acceptors (Lipinski definition) is 4. The zero-order valence-corrected chi connectivity index (χ0v) is 13.2. The highest BCUT2D eigenvalue weighted by Gasteiger charge is 2.43. The first kappa shape index (κ1) is 16.0. The highest BCUT2D eigenvalue weighted by atomic mass is 35.5. The van der Waals surface area contributed by atoms with Crippen LogP contribution in [0.15, 0.2) is 24.3 Å². The van der Waals surface area contributed by atoms with Gasteiger partial charge >= 0.3 is 5.97 Å². The van der Waals surface area contributed by atoms with Crippen molar-refractivity contribution in [2.24, 2.45) is 5.92 Å². The van der Waals surface area contributed by atoms with Crippen LogP contribution >= 0.6 is 11.6 Å². The number of aliphatic carboxylic acids is 1. The van der Waals surface area contributed by atoms with E-state index in [9.17, 15) is 14.4 Å². The van der Waals surface area contributed by atoms with Gasteiger partial charge in [0.1, 0.15) is 0 Å². The van der Waals surface area contributed by atoms with Crippen molar-refractivity contribution in [2.45, 2.75) is 25.3 Å². The minimum Gasteiger partial charge on any atom is -0.481 e. The largest absolute Gasteiger partial charge is 0.481 e. The molecule has 1 atom stereocenters. The van der Waals surface area contributed by atoms with Gasteiger partial charge in [-0.25, -0.2) is 4.90 Å². The van der Waals surface area contributed by atoms with E-state index >= 15 is 0 Å². The summed E-state index contributed by atoms with van der Waals surface area (Å²) in [5.41, 5.74) is 0.521. The summed E-state index contributed by atoms with van der Waals surface area (Å²) in [6.07, 6.45) is 1.15. The van der Waals surface area contributed by atoms with Crippen molar-refractivity contribution < 1.29 is 19.5 Å². The van der Waals surface area contributed by atoms with Gasteiger partial charge in [-0.05, 0) is 50.2 Å². The number of anilines is 1. The molecule has 1 aromatic carbocycles.